The molecular formula is C18H29ClN2O. The fraction of sp³-hybridized carbons (Fsp3) is 0.611. The highest BCUT2D eigenvalue weighted by Crippen LogP contribution is 2.40. The van der Waals surface area contributed by atoms with E-state index in [1.165, 1.54) is 31.2 Å². The first-order chi connectivity index (χ1) is 10.3. The van der Waals surface area contributed by atoms with Crippen molar-refractivity contribution in [3.63, 3.8) is 0 Å². The second-order valence-corrected chi connectivity index (χ2v) is 6.23. The Bertz CT molecular complexity index is 430. The van der Waals surface area contributed by atoms with Gasteiger partial charge in [0, 0.05) is 18.4 Å². The summed E-state index contributed by atoms with van der Waals surface area (Å²) in [4.78, 5) is 12.0. The van der Waals surface area contributed by atoms with Crippen LogP contribution in [0.25, 0.3) is 0 Å². The van der Waals surface area contributed by atoms with Crippen molar-refractivity contribution in [1.29, 1.82) is 0 Å². The Morgan fingerprint density at radius 1 is 1.09 bits per heavy atom. The zero-order valence-corrected chi connectivity index (χ0v) is 14.2. The summed E-state index contributed by atoms with van der Waals surface area (Å²) in [6.45, 7) is 1.51. The Kier molecular flexibility index (Phi) is 8.51. The number of carbonyl (C=O) groups excluding carboxylic acids is 1. The quantitative estimate of drug-likeness (QED) is 0.718. The second-order valence-electron chi connectivity index (χ2n) is 6.23. The molecule has 1 fully saturated rings. The van der Waals surface area contributed by atoms with Crippen LogP contribution in [0.15, 0.2) is 30.3 Å². The van der Waals surface area contributed by atoms with E-state index in [4.69, 9.17) is 5.73 Å². The van der Waals surface area contributed by atoms with Gasteiger partial charge in [0.25, 0.3) is 0 Å². The summed E-state index contributed by atoms with van der Waals surface area (Å²) in [5.41, 5.74) is 7.01. The minimum Gasteiger partial charge on any atom is -0.355 e. The summed E-state index contributed by atoms with van der Waals surface area (Å²) in [5.74, 6) is 0.189. The molecule has 3 nitrogen and oxygen atoms in total. The van der Waals surface area contributed by atoms with E-state index in [9.17, 15) is 4.79 Å². The number of benzene rings is 1. The summed E-state index contributed by atoms with van der Waals surface area (Å²) < 4.78 is 0. The maximum Gasteiger partial charge on any atom is 0.220 e. The van der Waals surface area contributed by atoms with Gasteiger partial charge < -0.3 is 11.1 Å². The molecule has 0 saturated heterocycles. The van der Waals surface area contributed by atoms with Crippen LogP contribution in [0.3, 0.4) is 0 Å². The zero-order chi connectivity index (χ0) is 15.0. The zero-order valence-electron chi connectivity index (χ0n) is 13.4. The third kappa shape index (κ3) is 5.29. The molecule has 0 radical (unpaired) electrons. The Balaban J connectivity index is 0.00000242. The minimum atomic E-state index is 0. The van der Waals surface area contributed by atoms with Crippen molar-refractivity contribution >= 4 is 18.3 Å². The minimum absolute atomic E-state index is 0. The number of nitrogens with two attached hydrogens (primary N) is 1. The lowest BCUT2D eigenvalue weighted by Crippen LogP contribution is -2.38. The molecule has 124 valence electrons. The van der Waals surface area contributed by atoms with Gasteiger partial charge in [0.1, 0.15) is 0 Å². The van der Waals surface area contributed by atoms with Crippen LogP contribution >= 0.6 is 12.4 Å². The van der Waals surface area contributed by atoms with Crippen molar-refractivity contribution in [2.75, 3.05) is 13.1 Å². The number of rotatable bonds is 8. The summed E-state index contributed by atoms with van der Waals surface area (Å²) in [6.07, 6.45) is 8.54. The number of hydrogen-bond donors (Lipinski definition) is 2. The van der Waals surface area contributed by atoms with Gasteiger partial charge in [-0.3, -0.25) is 4.79 Å². The molecule has 22 heavy (non-hydrogen) atoms. The van der Waals surface area contributed by atoms with Crippen molar-refractivity contribution < 1.29 is 4.79 Å². The van der Waals surface area contributed by atoms with Crippen LogP contribution in [0, 0.1) is 0 Å². The first-order valence-corrected chi connectivity index (χ1v) is 8.29. The first-order valence-electron chi connectivity index (χ1n) is 8.29. The molecule has 2 rings (SSSR count). The van der Waals surface area contributed by atoms with E-state index in [0.717, 1.165) is 32.4 Å². The lowest BCUT2D eigenvalue weighted by atomic mass is 9.79. The number of unbranched alkanes of at least 4 members (excludes halogenated alkanes) is 2. The number of hydrogen-bond acceptors (Lipinski definition) is 2. The molecule has 0 aromatic heterocycles. The topological polar surface area (TPSA) is 55.1 Å². The van der Waals surface area contributed by atoms with Gasteiger partial charge in [0.05, 0.1) is 0 Å². The highest BCUT2D eigenvalue weighted by atomic mass is 35.5. The van der Waals surface area contributed by atoms with Crippen LogP contribution in [0.4, 0.5) is 0 Å². The van der Waals surface area contributed by atoms with Gasteiger partial charge in [-0.2, -0.15) is 0 Å². The SMILES string of the molecule is Cl.NCCCCCC(=O)NCC1(c2ccccc2)CCCC1. The molecule has 1 saturated carbocycles. The Labute approximate surface area is 140 Å². The van der Waals surface area contributed by atoms with Crippen LogP contribution in [-0.4, -0.2) is 19.0 Å². The monoisotopic (exact) mass is 324 g/mol. The van der Waals surface area contributed by atoms with Gasteiger partial charge in [0.2, 0.25) is 5.91 Å². The van der Waals surface area contributed by atoms with E-state index >= 15 is 0 Å². The molecule has 0 unspecified atom stereocenters. The number of carbonyl (C=O) groups is 1. The van der Waals surface area contributed by atoms with Crippen molar-refractivity contribution in [2.24, 2.45) is 5.73 Å². The number of nitrogens with one attached hydrogen (secondary N) is 1. The van der Waals surface area contributed by atoms with Gasteiger partial charge >= 0.3 is 0 Å². The number of amides is 1. The summed E-state index contributed by atoms with van der Waals surface area (Å²) >= 11 is 0. The molecule has 0 aliphatic heterocycles. The van der Waals surface area contributed by atoms with Crippen LogP contribution in [0.2, 0.25) is 0 Å². The molecule has 1 amide bonds. The maximum absolute atomic E-state index is 12.0. The van der Waals surface area contributed by atoms with E-state index in [2.05, 4.69) is 35.6 Å². The Morgan fingerprint density at radius 2 is 1.77 bits per heavy atom. The Morgan fingerprint density at radius 3 is 2.41 bits per heavy atom. The van der Waals surface area contributed by atoms with Gasteiger partial charge in [-0.1, -0.05) is 49.6 Å². The van der Waals surface area contributed by atoms with Gasteiger partial charge in [-0.05, 0) is 37.8 Å². The predicted octanol–water partition coefficient (Wildman–Crippen LogP) is 3.56. The average Bonchev–Trinajstić information content (AvgIpc) is 3.01. The molecule has 0 heterocycles. The van der Waals surface area contributed by atoms with Crippen molar-refractivity contribution in [2.45, 2.75) is 56.8 Å². The smallest absolute Gasteiger partial charge is 0.220 e. The fourth-order valence-corrected chi connectivity index (χ4v) is 3.37. The fourth-order valence-electron chi connectivity index (χ4n) is 3.37. The third-order valence-electron chi connectivity index (χ3n) is 4.68. The third-order valence-corrected chi connectivity index (χ3v) is 4.68. The van der Waals surface area contributed by atoms with Crippen molar-refractivity contribution in [3.8, 4) is 0 Å². The van der Waals surface area contributed by atoms with Crippen LogP contribution < -0.4 is 11.1 Å². The molecular weight excluding hydrogens is 296 g/mol. The van der Waals surface area contributed by atoms with Gasteiger partial charge in [0.15, 0.2) is 0 Å². The van der Waals surface area contributed by atoms with Gasteiger partial charge in [-0.25, -0.2) is 0 Å². The number of halogens is 1. The van der Waals surface area contributed by atoms with Gasteiger partial charge in [-0.15, -0.1) is 12.4 Å². The van der Waals surface area contributed by atoms with E-state index in [1.807, 2.05) is 0 Å². The maximum atomic E-state index is 12.0. The normalized spacial score (nSPS) is 16.0. The summed E-state index contributed by atoms with van der Waals surface area (Å²) in [7, 11) is 0. The molecule has 0 atom stereocenters. The highest BCUT2D eigenvalue weighted by molar-refractivity contribution is 5.85. The van der Waals surface area contributed by atoms with Crippen molar-refractivity contribution in [3.05, 3.63) is 35.9 Å². The largest absolute Gasteiger partial charge is 0.355 e. The molecule has 1 aliphatic rings. The molecule has 0 spiro atoms. The Hall–Kier alpha value is -1.06. The average molecular weight is 325 g/mol. The molecule has 0 bridgehead atoms. The second kappa shape index (κ2) is 9.86. The van der Waals surface area contributed by atoms with Crippen molar-refractivity contribution in [1.82, 2.24) is 5.32 Å². The lowest BCUT2D eigenvalue weighted by Gasteiger charge is -2.30. The molecule has 1 aromatic rings. The molecule has 3 N–H and O–H groups in total. The van der Waals surface area contributed by atoms with E-state index in [1.54, 1.807) is 0 Å². The van der Waals surface area contributed by atoms with Crippen LogP contribution in [0.1, 0.15) is 56.9 Å². The van der Waals surface area contributed by atoms with Crippen LogP contribution in [0.5, 0.6) is 0 Å². The highest BCUT2D eigenvalue weighted by Gasteiger charge is 2.35. The molecule has 1 aliphatic carbocycles. The first kappa shape index (κ1) is 19.0. The molecule has 1 aromatic carbocycles. The summed E-state index contributed by atoms with van der Waals surface area (Å²) in [5, 5.41) is 3.17. The summed E-state index contributed by atoms with van der Waals surface area (Å²) in [6, 6.07) is 10.7. The van der Waals surface area contributed by atoms with Crippen LogP contribution in [-0.2, 0) is 10.2 Å². The van der Waals surface area contributed by atoms with E-state index < -0.39 is 0 Å². The standard InChI is InChI=1S/C18H28N2O.ClH/c19-14-8-2-5-11-17(21)20-15-18(12-6-7-13-18)16-9-3-1-4-10-16;/h1,3-4,9-10H,2,5-8,11-15,19H2,(H,20,21);1H. The lowest BCUT2D eigenvalue weighted by molar-refractivity contribution is -0.121. The predicted molar refractivity (Wildman–Crippen MR) is 94.4 cm³/mol. The van der Waals surface area contributed by atoms with E-state index in [-0.39, 0.29) is 23.7 Å². The molecule has 4 heteroatoms. The van der Waals surface area contributed by atoms with E-state index in [0.29, 0.717) is 6.42 Å².